The second kappa shape index (κ2) is 7.79. The van der Waals surface area contributed by atoms with E-state index in [0.29, 0.717) is 17.9 Å². The van der Waals surface area contributed by atoms with Crippen molar-refractivity contribution in [1.82, 2.24) is 19.2 Å². The number of fused-ring (bicyclic) bond motifs is 3. The molecular weight excluding hydrogens is 388 g/mol. The van der Waals surface area contributed by atoms with Gasteiger partial charge in [-0.25, -0.2) is 9.78 Å². The third-order valence-corrected chi connectivity index (χ3v) is 6.04. The molecule has 8 heteroatoms. The lowest BCUT2D eigenvalue weighted by atomic mass is 10.1. The fourth-order valence-electron chi connectivity index (χ4n) is 3.59. The highest BCUT2D eigenvalue weighted by Crippen LogP contribution is 2.32. The van der Waals surface area contributed by atoms with E-state index in [-0.39, 0.29) is 18.8 Å². The van der Waals surface area contributed by atoms with Crippen molar-refractivity contribution in [3.8, 4) is 0 Å². The van der Waals surface area contributed by atoms with Crippen molar-refractivity contribution in [2.45, 2.75) is 40.2 Å². The molecule has 0 amide bonds. The lowest BCUT2D eigenvalue weighted by Crippen LogP contribution is -2.30. The lowest BCUT2D eigenvalue weighted by molar-refractivity contribution is -0.143. The second-order valence-corrected chi connectivity index (χ2v) is 7.97. The summed E-state index contributed by atoms with van der Waals surface area (Å²) in [6, 6.07) is 9.90. The summed E-state index contributed by atoms with van der Waals surface area (Å²) in [5, 5.41) is 5.38. The van der Waals surface area contributed by atoms with Crippen LogP contribution in [0.1, 0.15) is 35.7 Å². The summed E-state index contributed by atoms with van der Waals surface area (Å²) in [4.78, 5) is 31.9. The first-order chi connectivity index (χ1) is 14.0. The normalized spacial score (nSPS) is 11.4. The van der Waals surface area contributed by atoms with E-state index in [1.807, 2.05) is 37.3 Å². The number of esters is 1. The molecule has 4 rings (SSSR count). The van der Waals surface area contributed by atoms with E-state index in [9.17, 15) is 9.59 Å². The molecule has 0 aliphatic heterocycles. The number of thiophene rings is 1. The zero-order valence-electron chi connectivity index (χ0n) is 16.6. The Balaban J connectivity index is 1.94. The van der Waals surface area contributed by atoms with E-state index in [1.54, 1.807) is 6.92 Å². The quantitative estimate of drug-likeness (QED) is 0.456. The Morgan fingerprint density at radius 1 is 1.21 bits per heavy atom. The average Bonchev–Trinajstić information content (AvgIpc) is 3.26. The van der Waals surface area contributed by atoms with Crippen molar-refractivity contribution < 1.29 is 9.53 Å². The number of nitrogens with zero attached hydrogens (tertiary/aromatic N) is 4. The zero-order chi connectivity index (χ0) is 20.5. The third kappa shape index (κ3) is 3.44. The SMILES string of the molecule is CCOC(=O)Cn1c(=O)n2nc(Cc3ccccc3)nc2c2c(CC)c(C)sc21. The number of ether oxygens (including phenoxy) is 1. The van der Waals surface area contributed by atoms with Gasteiger partial charge in [0, 0.05) is 11.3 Å². The maximum absolute atomic E-state index is 13.2. The number of rotatable bonds is 6. The number of aromatic nitrogens is 4. The lowest BCUT2D eigenvalue weighted by Gasteiger charge is -2.08. The molecule has 0 saturated carbocycles. The smallest absolute Gasteiger partial charge is 0.352 e. The number of benzene rings is 1. The molecule has 3 heterocycles. The van der Waals surface area contributed by atoms with Crippen LogP contribution >= 0.6 is 11.3 Å². The van der Waals surface area contributed by atoms with Gasteiger partial charge in [0.2, 0.25) is 0 Å². The standard InChI is InChI=1S/C21H22N4O3S/c1-4-15-13(3)29-20-18(15)19-22-16(11-14-9-7-6-8-10-14)23-25(19)21(27)24(20)12-17(26)28-5-2/h6-10H,4-5,11-12H2,1-3H3. The van der Waals surface area contributed by atoms with Gasteiger partial charge in [0.25, 0.3) is 0 Å². The fraction of sp³-hybridized carbons (Fsp3) is 0.333. The summed E-state index contributed by atoms with van der Waals surface area (Å²) < 4.78 is 7.85. The predicted molar refractivity (Wildman–Crippen MR) is 113 cm³/mol. The minimum atomic E-state index is -0.441. The van der Waals surface area contributed by atoms with Crippen molar-refractivity contribution in [1.29, 1.82) is 0 Å². The minimum absolute atomic E-state index is 0.143. The highest BCUT2D eigenvalue weighted by Gasteiger charge is 2.22. The van der Waals surface area contributed by atoms with Crippen LogP contribution in [0.15, 0.2) is 35.1 Å². The molecular formula is C21H22N4O3S. The third-order valence-electron chi connectivity index (χ3n) is 4.87. The Kier molecular flexibility index (Phi) is 5.19. The van der Waals surface area contributed by atoms with Crippen LogP contribution in [0, 0.1) is 6.92 Å². The van der Waals surface area contributed by atoms with Crippen LogP contribution in [0.25, 0.3) is 15.9 Å². The monoisotopic (exact) mass is 410 g/mol. The van der Waals surface area contributed by atoms with Crippen LogP contribution in [-0.4, -0.2) is 31.7 Å². The van der Waals surface area contributed by atoms with E-state index in [1.165, 1.54) is 20.4 Å². The van der Waals surface area contributed by atoms with Crippen molar-refractivity contribution in [3.05, 3.63) is 62.6 Å². The van der Waals surface area contributed by atoms with Crippen molar-refractivity contribution in [2.24, 2.45) is 0 Å². The molecule has 0 N–H and O–H groups in total. The first-order valence-corrected chi connectivity index (χ1v) is 10.4. The molecule has 0 aliphatic rings. The van der Waals surface area contributed by atoms with Gasteiger partial charge in [-0.3, -0.25) is 9.36 Å². The topological polar surface area (TPSA) is 78.5 Å². The summed E-state index contributed by atoms with van der Waals surface area (Å²) >= 11 is 1.51. The molecule has 7 nitrogen and oxygen atoms in total. The van der Waals surface area contributed by atoms with Gasteiger partial charge in [-0.15, -0.1) is 16.4 Å². The molecule has 0 bridgehead atoms. The Morgan fingerprint density at radius 2 is 1.97 bits per heavy atom. The van der Waals surface area contributed by atoms with E-state index in [0.717, 1.165) is 32.6 Å². The maximum Gasteiger partial charge on any atom is 0.352 e. The molecule has 0 aliphatic carbocycles. The van der Waals surface area contributed by atoms with Crippen molar-refractivity contribution >= 4 is 33.2 Å². The Labute approximate surface area is 171 Å². The van der Waals surface area contributed by atoms with Crippen LogP contribution in [-0.2, 0) is 28.9 Å². The van der Waals surface area contributed by atoms with Gasteiger partial charge in [-0.2, -0.15) is 4.52 Å². The Morgan fingerprint density at radius 3 is 2.66 bits per heavy atom. The fourth-order valence-corrected chi connectivity index (χ4v) is 4.82. The van der Waals surface area contributed by atoms with Crippen molar-refractivity contribution in [2.75, 3.05) is 6.61 Å². The minimum Gasteiger partial charge on any atom is -0.465 e. The molecule has 1 aromatic carbocycles. The highest BCUT2D eigenvalue weighted by molar-refractivity contribution is 7.19. The zero-order valence-corrected chi connectivity index (χ0v) is 17.5. The van der Waals surface area contributed by atoms with E-state index >= 15 is 0 Å². The number of hydrogen-bond acceptors (Lipinski definition) is 6. The predicted octanol–water partition coefficient (Wildman–Crippen LogP) is 3.13. The Bertz CT molecular complexity index is 1250. The van der Waals surface area contributed by atoms with E-state index in [2.05, 4.69) is 12.0 Å². The number of carbonyl (C=O) groups excluding carboxylic acids is 1. The van der Waals surface area contributed by atoms with Gasteiger partial charge >= 0.3 is 11.7 Å². The molecule has 0 spiro atoms. The molecule has 29 heavy (non-hydrogen) atoms. The molecule has 0 fully saturated rings. The molecule has 0 unspecified atom stereocenters. The molecule has 0 atom stereocenters. The summed E-state index contributed by atoms with van der Waals surface area (Å²) in [5.41, 5.74) is 2.38. The van der Waals surface area contributed by atoms with E-state index < -0.39 is 5.97 Å². The van der Waals surface area contributed by atoms with Crippen LogP contribution < -0.4 is 5.69 Å². The first kappa shape index (κ1) is 19.3. The van der Waals surface area contributed by atoms with Gasteiger partial charge in [0.15, 0.2) is 11.5 Å². The van der Waals surface area contributed by atoms with Crippen LogP contribution in [0.5, 0.6) is 0 Å². The molecule has 4 aromatic rings. The van der Waals surface area contributed by atoms with Gasteiger partial charge in [-0.05, 0) is 31.4 Å². The number of hydrogen-bond donors (Lipinski definition) is 0. The van der Waals surface area contributed by atoms with E-state index in [4.69, 9.17) is 9.72 Å². The molecule has 3 aromatic heterocycles. The summed E-state index contributed by atoms with van der Waals surface area (Å²) in [7, 11) is 0. The highest BCUT2D eigenvalue weighted by atomic mass is 32.1. The molecule has 0 saturated heterocycles. The second-order valence-electron chi connectivity index (χ2n) is 6.77. The molecule has 0 radical (unpaired) electrons. The molecule has 150 valence electrons. The van der Waals surface area contributed by atoms with Crippen LogP contribution in [0.4, 0.5) is 0 Å². The van der Waals surface area contributed by atoms with Gasteiger partial charge in [0.05, 0.1) is 12.0 Å². The largest absolute Gasteiger partial charge is 0.465 e. The van der Waals surface area contributed by atoms with Gasteiger partial charge < -0.3 is 4.74 Å². The number of carbonyl (C=O) groups is 1. The van der Waals surface area contributed by atoms with Crippen LogP contribution in [0.2, 0.25) is 0 Å². The van der Waals surface area contributed by atoms with Crippen LogP contribution in [0.3, 0.4) is 0 Å². The summed E-state index contributed by atoms with van der Waals surface area (Å²) in [6.07, 6.45) is 1.34. The summed E-state index contributed by atoms with van der Waals surface area (Å²) in [5.74, 6) is 0.137. The van der Waals surface area contributed by atoms with Gasteiger partial charge in [-0.1, -0.05) is 37.3 Å². The summed E-state index contributed by atoms with van der Waals surface area (Å²) in [6.45, 7) is 5.98. The number of aryl methyl sites for hydroxylation is 2. The Hall–Kier alpha value is -3.00. The van der Waals surface area contributed by atoms with Crippen molar-refractivity contribution in [3.63, 3.8) is 0 Å². The first-order valence-electron chi connectivity index (χ1n) is 9.63. The average molecular weight is 410 g/mol. The van der Waals surface area contributed by atoms with Gasteiger partial charge in [0.1, 0.15) is 11.4 Å². The maximum atomic E-state index is 13.2.